The summed E-state index contributed by atoms with van der Waals surface area (Å²) in [7, 11) is 1.57. The number of thiazole rings is 1. The molecule has 0 aliphatic carbocycles. The number of hydrogen-bond donors (Lipinski definition) is 1. The number of anilines is 1. The SMILES string of the molecule is COc1ccc2c(C)c(CC(=O)Nc3nccs3)c(=O)oc2c1C. The Morgan fingerprint density at radius 3 is 2.79 bits per heavy atom. The Balaban J connectivity index is 2.00. The minimum atomic E-state index is -0.509. The first-order valence-corrected chi connectivity index (χ1v) is 8.18. The van der Waals surface area contributed by atoms with Crippen LogP contribution in [0.25, 0.3) is 11.0 Å². The number of fused-ring (bicyclic) bond motifs is 1. The van der Waals surface area contributed by atoms with Crippen molar-refractivity contribution in [3.05, 3.63) is 50.8 Å². The molecule has 0 atom stereocenters. The summed E-state index contributed by atoms with van der Waals surface area (Å²) in [6, 6.07) is 3.66. The second-order valence-electron chi connectivity index (χ2n) is 5.32. The van der Waals surface area contributed by atoms with Gasteiger partial charge in [-0.25, -0.2) is 9.78 Å². The van der Waals surface area contributed by atoms with Crippen LogP contribution in [0.15, 0.2) is 32.9 Å². The van der Waals surface area contributed by atoms with Crippen LogP contribution in [0, 0.1) is 13.8 Å². The molecule has 2 heterocycles. The number of hydrogen-bond acceptors (Lipinski definition) is 6. The molecular weight excluding hydrogens is 328 g/mol. The quantitative estimate of drug-likeness (QED) is 0.736. The summed E-state index contributed by atoms with van der Waals surface area (Å²) in [5.74, 6) is 0.351. The molecule has 0 fully saturated rings. The Bertz CT molecular complexity index is 961. The lowest BCUT2D eigenvalue weighted by molar-refractivity contribution is -0.115. The molecule has 7 heteroatoms. The number of aryl methyl sites for hydroxylation is 2. The molecule has 0 saturated heterocycles. The van der Waals surface area contributed by atoms with Gasteiger partial charge in [-0.1, -0.05) is 0 Å². The van der Waals surface area contributed by atoms with Crippen LogP contribution in [-0.4, -0.2) is 18.0 Å². The van der Waals surface area contributed by atoms with E-state index in [4.69, 9.17) is 9.15 Å². The first-order valence-electron chi connectivity index (χ1n) is 7.30. The summed E-state index contributed by atoms with van der Waals surface area (Å²) in [5, 5.41) is 5.74. The van der Waals surface area contributed by atoms with Gasteiger partial charge in [0.1, 0.15) is 11.3 Å². The number of amides is 1. The second-order valence-corrected chi connectivity index (χ2v) is 6.22. The number of carbonyl (C=O) groups excluding carboxylic acids is 1. The fraction of sp³-hybridized carbons (Fsp3) is 0.235. The van der Waals surface area contributed by atoms with Crippen molar-refractivity contribution in [2.24, 2.45) is 0 Å². The molecule has 0 aliphatic rings. The van der Waals surface area contributed by atoms with E-state index in [9.17, 15) is 9.59 Å². The predicted octanol–water partition coefficient (Wildman–Crippen LogP) is 3.06. The average molecular weight is 344 g/mol. The predicted molar refractivity (Wildman–Crippen MR) is 93.0 cm³/mol. The Hall–Kier alpha value is -2.67. The van der Waals surface area contributed by atoms with E-state index in [1.165, 1.54) is 11.3 Å². The van der Waals surface area contributed by atoms with Crippen molar-refractivity contribution >= 4 is 33.3 Å². The van der Waals surface area contributed by atoms with E-state index in [0.717, 1.165) is 16.5 Å². The highest BCUT2D eigenvalue weighted by molar-refractivity contribution is 7.13. The molecule has 6 nitrogen and oxygen atoms in total. The van der Waals surface area contributed by atoms with Crippen molar-refractivity contribution in [1.29, 1.82) is 0 Å². The Morgan fingerprint density at radius 1 is 1.33 bits per heavy atom. The molecular formula is C17H16N2O4S. The summed E-state index contributed by atoms with van der Waals surface area (Å²) < 4.78 is 10.7. The highest BCUT2D eigenvalue weighted by Crippen LogP contribution is 2.29. The number of rotatable bonds is 4. The summed E-state index contributed by atoms with van der Waals surface area (Å²) in [4.78, 5) is 28.5. The van der Waals surface area contributed by atoms with E-state index >= 15 is 0 Å². The van der Waals surface area contributed by atoms with Gasteiger partial charge in [0.15, 0.2) is 5.13 Å². The van der Waals surface area contributed by atoms with Crippen molar-refractivity contribution < 1.29 is 13.9 Å². The lowest BCUT2D eigenvalue weighted by atomic mass is 10.0. The molecule has 24 heavy (non-hydrogen) atoms. The standard InChI is InChI=1S/C17H16N2O4S/c1-9-11-4-5-13(22-3)10(2)15(11)23-16(21)12(9)8-14(20)19-17-18-6-7-24-17/h4-7H,8H2,1-3H3,(H,18,19,20). The topological polar surface area (TPSA) is 81.4 Å². The smallest absolute Gasteiger partial charge is 0.340 e. The van der Waals surface area contributed by atoms with Gasteiger partial charge in [-0.3, -0.25) is 4.79 Å². The van der Waals surface area contributed by atoms with E-state index < -0.39 is 5.63 Å². The zero-order chi connectivity index (χ0) is 17.3. The zero-order valence-electron chi connectivity index (χ0n) is 13.5. The van der Waals surface area contributed by atoms with E-state index in [0.29, 0.717) is 22.0 Å². The largest absolute Gasteiger partial charge is 0.496 e. The van der Waals surface area contributed by atoms with Crippen LogP contribution in [0.3, 0.4) is 0 Å². The molecule has 0 spiro atoms. The van der Waals surface area contributed by atoms with Crippen LogP contribution in [0.5, 0.6) is 5.75 Å². The van der Waals surface area contributed by atoms with Crippen molar-refractivity contribution in [2.45, 2.75) is 20.3 Å². The van der Waals surface area contributed by atoms with E-state index in [1.54, 1.807) is 18.7 Å². The Labute approximate surface area is 142 Å². The maximum Gasteiger partial charge on any atom is 0.340 e. The van der Waals surface area contributed by atoms with Crippen LogP contribution in [0.1, 0.15) is 16.7 Å². The Kier molecular flexibility index (Phi) is 4.35. The second kappa shape index (κ2) is 6.45. The molecule has 1 N–H and O–H groups in total. The minimum Gasteiger partial charge on any atom is -0.496 e. The number of aromatic nitrogens is 1. The van der Waals surface area contributed by atoms with Gasteiger partial charge in [0, 0.05) is 22.5 Å². The van der Waals surface area contributed by atoms with Gasteiger partial charge in [0.25, 0.3) is 0 Å². The van der Waals surface area contributed by atoms with Gasteiger partial charge >= 0.3 is 5.63 Å². The van der Waals surface area contributed by atoms with Crippen molar-refractivity contribution in [3.63, 3.8) is 0 Å². The number of carbonyl (C=O) groups is 1. The fourth-order valence-corrected chi connectivity index (χ4v) is 3.15. The molecule has 0 saturated carbocycles. The lowest BCUT2D eigenvalue weighted by Crippen LogP contribution is -2.20. The number of benzene rings is 1. The average Bonchev–Trinajstić information content (AvgIpc) is 3.05. The summed E-state index contributed by atoms with van der Waals surface area (Å²) >= 11 is 1.32. The highest BCUT2D eigenvalue weighted by Gasteiger charge is 2.17. The monoisotopic (exact) mass is 344 g/mol. The first-order chi connectivity index (χ1) is 11.5. The molecule has 0 aliphatic heterocycles. The molecule has 1 amide bonds. The van der Waals surface area contributed by atoms with E-state index in [1.807, 2.05) is 26.0 Å². The number of ether oxygens (including phenoxy) is 1. The summed E-state index contributed by atoms with van der Waals surface area (Å²) in [6.07, 6.45) is 1.54. The third-order valence-corrected chi connectivity index (χ3v) is 4.58. The van der Waals surface area contributed by atoms with Crippen LogP contribution >= 0.6 is 11.3 Å². The zero-order valence-corrected chi connectivity index (χ0v) is 14.3. The van der Waals surface area contributed by atoms with Gasteiger partial charge in [-0.2, -0.15) is 0 Å². The maximum absolute atomic E-state index is 12.3. The molecule has 0 bridgehead atoms. The van der Waals surface area contributed by atoms with Crippen molar-refractivity contribution in [2.75, 3.05) is 12.4 Å². The molecule has 0 radical (unpaired) electrons. The number of nitrogens with one attached hydrogen (secondary N) is 1. The fourth-order valence-electron chi connectivity index (χ4n) is 2.61. The first kappa shape index (κ1) is 16.2. The number of nitrogens with zero attached hydrogens (tertiary/aromatic N) is 1. The van der Waals surface area contributed by atoms with Crippen molar-refractivity contribution in [1.82, 2.24) is 4.98 Å². The molecule has 3 aromatic rings. The van der Waals surface area contributed by atoms with Crippen LogP contribution in [0.2, 0.25) is 0 Å². The van der Waals surface area contributed by atoms with Gasteiger partial charge in [0.2, 0.25) is 5.91 Å². The molecule has 0 unspecified atom stereocenters. The van der Waals surface area contributed by atoms with Gasteiger partial charge < -0.3 is 14.5 Å². The van der Waals surface area contributed by atoms with Gasteiger partial charge in [0.05, 0.1) is 19.1 Å². The molecule has 3 rings (SSSR count). The normalized spacial score (nSPS) is 10.8. The van der Waals surface area contributed by atoms with Crippen molar-refractivity contribution in [3.8, 4) is 5.75 Å². The van der Waals surface area contributed by atoms with Crippen LogP contribution < -0.4 is 15.7 Å². The van der Waals surface area contributed by atoms with Crippen LogP contribution in [0.4, 0.5) is 5.13 Å². The van der Waals surface area contributed by atoms with Gasteiger partial charge in [-0.05, 0) is 31.5 Å². The summed E-state index contributed by atoms with van der Waals surface area (Å²) in [6.45, 7) is 3.65. The third-order valence-electron chi connectivity index (χ3n) is 3.89. The lowest BCUT2D eigenvalue weighted by Gasteiger charge is -2.11. The van der Waals surface area contributed by atoms with Crippen LogP contribution in [-0.2, 0) is 11.2 Å². The number of methoxy groups -OCH3 is 1. The van der Waals surface area contributed by atoms with E-state index in [-0.39, 0.29) is 12.3 Å². The third kappa shape index (κ3) is 2.90. The maximum atomic E-state index is 12.3. The Morgan fingerprint density at radius 2 is 2.12 bits per heavy atom. The van der Waals surface area contributed by atoms with Gasteiger partial charge in [-0.15, -0.1) is 11.3 Å². The molecule has 1 aromatic carbocycles. The highest BCUT2D eigenvalue weighted by atomic mass is 32.1. The van der Waals surface area contributed by atoms with E-state index in [2.05, 4.69) is 10.3 Å². The molecule has 2 aromatic heterocycles. The minimum absolute atomic E-state index is 0.0608. The summed E-state index contributed by atoms with van der Waals surface area (Å²) in [5.41, 5.74) is 1.82. The molecule has 124 valence electrons.